The third kappa shape index (κ3) is 4.33. The molecule has 10 nitrogen and oxygen atoms in total. The van der Waals surface area contributed by atoms with E-state index in [-0.39, 0.29) is 0 Å². The molecule has 1 amide bonds. The van der Waals surface area contributed by atoms with E-state index >= 15 is 0 Å². The van der Waals surface area contributed by atoms with Crippen molar-refractivity contribution in [1.82, 2.24) is 24.1 Å². The van der Waals surface area contributed by atoms with Crippen molar-refractivity contribution in [3.05, 3.63) is 89.1 Å². The molecule has 0 unspecified atom stereocenters. The summed E-state index contributed by atoms with van der Waals surface area (Å²) in [5.41, 5.74) is 1.85. The number of hydrogen-bond acceptors (Lipinski definition) is 6. The SMILES string of the molecule is COc1cc(NC(=O)[C@H](C)n2nc(C)c3nn(-c4ccccc4)c(-n4cccc4)c3c2=O)cc(OC)c1. The standard InChI is InChI=1S/C27H26N6O4/c1-17-24-23(26(31-12-8-9-13-31)33(30-24)20-10-6-5-7-11-20)27(35)32(29-17)18(2)25(34)28-19-14-21(36-3)16-22(15-19)37-4/h5-16,18H,1-4H3,(H,28,34)/t18-/m0/s1. The Labute approximate surface area is 212 Å². The summed E-state index contributed by atoms with van der Waals surface area (Å²) in [4.78, 5) is 27.1. The van der Waals surface area contributed by atoms with Gasteiger partial charge < -0.3 is 19.4 Å². The van der Waals surface area contributed by atoms with E-state index in [9.17, 15) is 9.59 Å². The average molecular weight is 499 g/mol. The predicted molar refractivity (Wildman–Crippen MR) is 140 cm³/mol. The van der Waals surface area contributed by atoms with Crippen molar-refractivity contribution in [1.29, 1.82) is 0 Å². The fraction of sp³-hybridized carbons (Fsp3) is 0.185. The zero-order chi connectivity index (χ0) is 26.1. The van der Waals surface area contributed by atoms with E-state index in [2.05, 4.69) is 10.4 Å². The Morgan fingerprint density at radius 3 is 2.22 bits per heavy atom. The molecule has 3 heterocycles. The number of aromatic nitrogens is 5. The predicted octanol–water partition coefficient (Wildman–Crippen LogP) is 3.90. The first-order valence-corrected chi connectivity index (χ1v) is 11.7. The number of anilines is 1. The lowest BCUT2D eigenvalue weighted by atomic mass is 10.2. The maximum atomic E-state index is 13.9. The zero-order valence-corrected chi connectivity index (χ0v) is 20.9. The number of carbonyl (C=O) groups is 1. The van der Waals surface area contributed by atoms with Crippen molar-refractivity contribution in [3.8, 4) is 23.0 Å². The van der Waals surface area contributed by atoms with E-state index in [1.165, 1.54) is 18.9 Å². The first-order chi connectivity index (χ1) is 17.9. The van der Waals surface area contributed by atoms with Gasteiger partial charge in [0.25, 0.3) is 5.56 Å². The second kappa shape index (κ2) is 9.65. The number of carbonyl (C=O) groups excluding carboxylic acids is 1. The van der Waals surface area contributed by atoms with Crippen molar-refractivity contribution in [2.45, 2.75) is 19.9 Å². The van der Waals surface area contributed by atoms with Gasteiger partial charge in [-0.05, 0) is 38.1 Å². The highest BCUT2D eigenvalue weighted by Gasteiger charge is 2.25. The van der Waals surface area contributed by atoms with Crippen molar-refractivity contribution < 1.29 is 14.3 Å². The molecule has 5 rings (SSSR count). The Morgan fingerprint density at radius 1 is 0.946 bits per heavy atom. The zero-order valence-electron chi connectivity index (χ0n) is 20.9. The molecule has 0 fully saturated rings. The number of para-hydroxylation sites is 1. The number of rotatable bonds is 7. The van der Waals surface area contributed by atoms with Gasteiger partial charge in [-0.25, -0.2) is 9.36 Å². The minimum absolute atomic E-state index is 0.371. The van der Waals surface area contributed by atoms with E-state index in [1.807, 2.05) is 59.4 Å². The van der Waals surface area contributed by atoms with Crippen LogP contribution in [0.4, 0.5) is 5.69 Å². The van der Waals surface area contributed by atoms with Crippen LogP contribution in [0.15, 0.2) is 77.9 Å². The third-order valence-corrected chi connectivity index (χ3v) is 6.10. The molecule has 10 heteroatoms. The van der Waals surface area contributed by atoms with Crippen LogP contribution < -0.4 is 20.3 Å². The monoisotopic (exact) mass is 498 g/mol. The number of nitrogens with one attached hydrogen (secondary N) is 1. The Morgan fingerprint density at radius 2 is 1.59 bits per heavy atom. The van der Waals surface area contributed by atoms with Gasteiger partial charge in [0, 0.05) is 36.3 Å². The second-order valence-electron chi connectivity index (χ2n) is 8.49. The number of aryl methyl sites for hydroxylation is 1. The molecule has 0 radical (unpaired) electrons. The number of methoxy groups -OCH3 is 2. The first kappa shape index (κ1) is 23.9. The Hall–Kier alpha value is -4.86. The number of hydrogen-bond donors (Lipinski definition) is 1. The number of fused-ring (bicyclic) bond motifs is 1. The van der Waals surface area contributed by atoms with Crippen LogP contribution in [-0.2, 0) is 4.79 Å². The maximum Gasteiger partial charge on any atom is 0.280 e. The fourth-order valence-electron chi connectivity index (χ4n) is 4.19. The third-order valence-electron chi connectivity index (χ3n) is 6.10. The molecule has 0 spiro atoms. The molecule has 0 aliphatic rings. The number of amides is 1. The highest BCUT2D eigenvalue weighted by atomic mass is 16.5. The van der Waals surface area contributed by atoms with Gasteiger partial charge in [-0.3, -0.25) is 9.59 Å². The van der Waals surface area contributed by atoms with Gasteiger partial charge in [0.1, 0.15) is 28.4 Å². The van der Waals surface area contributed by atoms with Crippen LogP contribution >= 0.6 is 0 Å². The van der Waals surface area contributed by atoms with Crippen molar-refractivity contribution in [2.75, 3.05) is 19.5 Å². The molecule has 0 saturated heterocycles. The van der Waals surface area contributed by atoms with Crippen molar-refractivity contribution >= 4 is 22.5 Å². The molecule has 0 saturated carbocycles. The second-order valence-corrected chi connectivity index (χ2v) is 8.49. The van der Waals surface area contributed by atoms with E-state index in [1.54, 1.807) is 36.7 Å². The van der Waals surface area contributed by atoms with Gasteiger partial charge >= 0.3 is 0 Å². The lowest BCUT2D eigenvalue weighted by Crippen LogP contribution is -2.34. The van der Waals surface area contributed by atoms with E-state index in [4.69, 9.17) is 14.6 Å². The number of nitrogens with zero attached hydrogens (tertiary/aromatic N) is 5. The number of benzene rings is 2. The fourth-order valence-corrected chi connectivity index (χ4v) is 4.19. The van der Waals surface area contributed by atoms with Gasteiger partial charge in [0.2, 0.25) is 5.91 Å². The largest absolute Gasteiger partial charge is 0.497 e. The average Bonchev–Trinajstić information content (AvgIpc) is 3.59. The summed E-state index contributed by atoms with van der Waals surface area (Å²) in [6.45, 7) is 3.40. The van der Waals surface area contributed by atoms with Crippen LogP contribution in [0.1, 0.15) is 18.7 Å². The number of ether oxygens (including phenoxy) is 2. The van der Waals surface area contributed by atoms with Gasteiger partial charge in [0.15, 0.2) is 5.82 Å². The van der Waals surface area contributed by atoms with Crippen LogP contribution in [0.5, 0.6) is 11.5 Å². The van der Waals surface area contributed by atoms with Crippen LogP contribution in [0.2, 0.25) is 0 Å². The lowest BCUT2D eigenvalue weighted by Gasteiger charge is -2.16. The molecular weight excluding hydrogens is 472 g/mol. The summed E-state index contributed by atoms with van der Waals surface area (Å²) in [5, 5.41) is 12.4. The highest BCUT2D eigenvalue weighted by molar-refractivity contribution is 5.94. The van der Waals surface area contributed by atoms with E-state index in [0.717, 1.165) is 5.69 Å². The maximum absolute atomic E-state index is 13.9. The van der Waals surface area contributed by atoms with Crippen molar-refractivity contribution in [3.63, 3.8) is 0 Å². The van der Waals surface area contributed by atoms with E-state index in [0.29, 0.717) is 39.6 Å². The quantitative estimate of drug-likeness (QED) is 0.365. The van der Waals surface area contributed by atoms with Gasteiger partial charge in [-0.2, -0.15) is 10.2 Å². The van der Waals surface area contributed by atoms with Crippen LogP contribution in [0.25, 0.3) is 22.4 Å². The Balaban J connectivity index is 1.62. The van der Waals surface area contributed by atoms with Crippen LogP contribution in [0.3, 0.4) is 0 Å². The Kier molecular flexibility index (Phi) is 6.22. The van der Waals surface area contributed by atoms with Crippen molar-refractivity contribution in [2.24, 2.45) is 0 Å². The summed E-state index contributed by atoms with van der Waals surface area (Å²) in [6, 6.07) is 17.4. The summed E-state index contributed by atoms with van der Waals surface area (Å²) in [6.07, 6.45) is 3.70. The summed E-state index contributed by atoms with van der Waals surface area (Å²) in [5.74, 6) is 1.21. The molecule has 0 bridgehead atoms. The molecule has 188 valence electrons. The van der Waals surface area contributed by atoms with Crippen LogP contribution in [0, 0.1) is 6.92 Å². The lowest BCUT2D eigenvalue weighted by molar-refractivity contribution is -0.119. The minimum atomic E-state index is -0.912. The molecule has 5 aromatic rings. The van der Waals surface area contributed by atoms with Gasteiger partial charge in [0.05, 0.1) is 25.6 Å². The van der Waals surface area contributed by atoms with E-state index < -0.39 is 17.5 Å². The Bertz CT molecular complexity index is 1620. The minimum Gasteiger partial charge on any atom is -0.497 e. The van der Waals surface area contributed by atoms with Crippen LogP contribution in [-0.4, -0.2) is 44.3 Å². The molecular formula is C27H26N6O4. The molecule has 3 aromatic heterocycles. The van der Waals surface area contributed by atoms with Gasteiger partial charge in [-0.1, -0.05) is 18.2 Å². The molecule has 0 aliphatic heterocycles. The molecule has 1 atom stereocenters. The molecule has 0 aliphatic carbocycles. The topological polar surface area (TPSA) is 105 Å². The molecule has 2 aromatic carbocycles. The normalized spacial score (nSPS) is 11.9. The first-order valence-electron chi connectivity index (χ1n) is 11.7. The highest BCUT2D eigenvalue weighted by Crippen LogP contribution is 2.27. The molecule has 1 N–H and O–H groups in total. The summed E-state index contributed by atoms with van der Waals surface area (Å²) < 4.78 is 15.3. The molecule has 37 heavy (non-hydrogen) atoms. The summed E-state index contributed by atoms with van der Waals surface area (Å²) in [7, 11) is 3.06. The smallest absolute Gasteiger partial charge is 0.280 e. The van der Waals surface area contributed by atoms with Gasteiger partial charge in [-0.15, -0.1) is 0 Å². The summed E-state index contributed by atoms with van der Waals surface area (Å²) >= 11 is 0.